The van der Waals surface area contributed by atoms with Crippen molar-refractivity contribution in [1.82, 2.24) is 4.98 Å². The minimum absolute atomic E-state index is 0.000164. The van der Waals surface area contributed by atoms with Gasteiger partial charge in [-0.25, -0.2) is 9.78 Å². The highest BCUT2D eigenvalue weighted by atomic mass is 35.5. The number of aromatic nitrogens is 1. The van der Waals surface area contributed by atoms with E-state index < -0.39 is 5.97 Å². The van der Waals surface area contributed by atoms with Crippen molar-refractivity contribution in [3.05, 3.63) is 39.5 Å². The Bertz CT molecular complexity index is 596. The molecule has 0 aliphatic rings. The third-order valence-corrected chi connectivity index (χ3v) is 2.88. The predicted octanol–water partition coefficient (Wildman–Crippen LogP) is 3.55. The van der Waals surface area contributed by atoms with E-state index in [0.717, 1.165) is 0 Å². The van der Waals surface area contributed by atoms with Gasteiger partial charge in [-0.3, -0.25) is 0 Å². The van der Waals surface area contributed by atoms with Gasteiger partial charge in [-0.2, -0.15) is 0 Å². The monoisotopic (exact) mass is 255 g/mol. The summed E-state index contributed by atoms with van der Waals surface area (Å²) in [5, 5.41) is 10.3. The maximum atomic E-state index is 11.0. The van der Waals surface area contributed by atoms with Crippen LogP contribution in [-0.4, -0.2) is 16.1 Å². The number of pyridine rings is 1. The Balaban J connectivity index is 2.90. The third kappa shape index (κ3) is 1.72. The van der Waals surface area contributed by atoms with Gasteiger partial charge in [0.25, 0.3) is 0 Å². The topological polar surface area (TPSA) is 50.2 Å². The standard InChI is InChI=1S/C11H7Cl2NO2/c1-5-7-4-6(12)2-3-8(7)14-10(13)9(5)11(15)16/h2-4H,1H3,(H,15,16). The summed E-state index contributed by atoms with van der Waals surface area (Å²) in [5.41, 5.74) is 1.23. The lowest BCUT2D eigenvalue weighted by Gasteiger charge is -2.07. The van der Waals surface area contributed by atoms with E-state index >= 15 is 0 Å². The number of hydrogen-bond donors (Lipinski definition) is 1. The van der Waals surface area contributed by atoms with Gasteiger partial charge in [-0.1, -0.05) is 23.2 Å². The molecule has 0 bridgehead atoms. The van der Waals surface area contributed by atoms with Crippen LogP contribution in [0, 0.1) is 6.92 Å². The minimum Gasteiger partial charge on any atom is -0.478 e. The van der Waals surface area contributed by atoms with Gasteiger partial charge < -0.3 is 5.11 Å². The molecule has 0 fully saturated rings. The van der Waals surface area contributed by atoms with Crippen LogP contribution in [-0.2, 0) is 0 Å². The number of carboxylic acids is 1. The number of aryl methyl sites for hydroxylation is 1. The summed E-state index contributed by atoms with van der Waals surface area (Å²) < 4.78 is 0. The number of aromatic carboxylic acids is 1. The molecule has 2 aromatic rings. The van der Waals surface area contributed by atoms with Gasteiger partial charge in [0.1, 0.15) is 10.7 Å². The molecular weight excluding hydrogens is 249 g/mol. The molecule has 0 unspecified atom stereocenters. The van der Waals surface area contributed by atoms with Gasteiger partial charge in [0.05, 0.1) is 5.52 Å². The Morgan fingerprint density at radius 2 is 2.06 bits per heavy atom. The minimum atomic E-state index is -1.09. The van der Waals surface area contributed by atoms with Gasteiger partial charge >= 0.3 is 5.97 Å². The molecule has 1 heterocycles. The predicted molar refractivity (Wildman–Crippen MR) is 63.5 cm³/mol. The third-order valence-electron chi connectivity index (χ3n) is 2.38. The molecule has 2 rings (SSSR count). The lowest BCUT2D eigenvalue weighted by Crippen LogP contribution is -2.03. The van der Waals surface area contributed by atoms with Crippen molar-refractivity contribution in [3.8, 4) is 0 Å². The summed E-state index contributed by atoms with van der Waals surface area (Å²) >= 11 is 11.7. The summed E-state index contributed by atoms with van der Waals surface area (Å²) in [5.74, 6) is -1.09. The molecular formula is C11H7Cl2NO2. The van der Waals surface area contributed by atoms with E-state index in [4.69, 9.17) is 28.3 Å². The first-order valence-electron chi connectivity index (χ1n) is 4.49. The van der Waals surface area contributed by atoms with Crippen molar-refractivity contribution in [3.63, 3.8) is 0 Å². The van der Waals surface area contributed by atoms with Crippen LogP contribution >= 0.6 is 23.2 Å². The van der Waals surface area contributed by atoms with Gasteiger partial charge in [-0.15, -0.1) is 0 Å². The molecule has 0 saturated heterocycles. The first-order chi connectivity index (χ1) is 7.50. The van der Waals surface area contributed by atoms with E-state index in [0.29, 0.717) is 21.5 Å². The van der Waals surface area contributed by atoms with Crippen LogP contribution in [0.1, 0.15) is 15.9 Å². The van der Waals surface area contributed by atoms with Crippen LogP contribution in [0.5, 0.6) is 0 Å². The average molecular weight is 256 g/mol. The van der Waals surface area contributed by atoms with E-state index in [1.54, 1.807) is 25.1 Å². The van der Waals surface area contributed by atoms with Crippen molar-refractivity contribution in [2.24, 2.45) is 0 Å². The van der Waals surface area contributed by atoms with Crippen molar-refractivity contribution in [2.45, 2.75) is 6.92 Å². The molecule has 82 valence electrons. The first-order valence-corrected chi connectivity index (χ1v) is 5.25. The molecule has 0 spiro atoms. The van der Waals surface area contributed by atoms with E-state index in [9.17, 15) is 4.79 Å². The number of fused-ring (bicyclic) bond motifs is 1. The Hall–Kier alpha value is -1.32. The van der Waals surface area contributed by atoms with Crippen molar-refractivity contribution < 1.29 is 9.90 Å². The average Bonchev–Trinajstić information content (AvgIpc) is 2.19. The van der Waals surface area contributed by atoms with Crippen LogP contribution in [0.25, 0.3) is 10.9 Å². The molecule has 0 radical (unpaired) electrons. The molecule has 0 amide bonds. The Morgan fingerprint density at radius 3 is 2.69 bits per heavy atom. The Labute approximate surface area is 102 Å². The molecule has 0 aliphatic heterocycles. The number of benzene rings is 1. The maximum Gasteiger partial charge on any atom is 0.339 e. The Kier molecular flexibility index (Phi) is 2.74. The number of halogens is 2. The number of hydrogen-bond acceptors (Lipinski definition) is 2. The van der Waals surface area contributed by atoms with Crippen LogP contribution in [0.2, 0.25) is 10.2 Å². The second-order valence-corrected chi connectivity index (χ2v) is 4.16. The molecule has 5 heteroatoms. The van der Waals surface area contributed by atoms with Crippen molar-refractivity contribution in [1.29, 1.82) is 0 Å². The lowest BCUT2D eigenvalue weighted by atomic mass is 10.1. The molecule has 0 aliphatic carbocycles. The van der Waals surface area contributed by atoms with Crippen LogP contribution < -0.4 is 0 Å². The van der Waals surface area contributed by atoms with Gasteiger partial charge in [-0.05, 0) is 30.7 Å². The summed E-state index contributed by atoms with van der Waals surface area (Å²) in [6, 6.07) is 5.08. The van der Waals surface area contributed by atoms with Gasteiger partial charge in [0, 0.05) is 10.4 Å². The molecule has 1 aromatic heterocycles. The van der Waals surface area contributed by atoms with E-state index in [1.807, 2.05) is 0 Å². The highest BCUT2D eigenvalue weighted by Crippen LogP contribution is 2.27. The zero-order valence-electron chi connectivity index (χ0n) is 8.29. The summed E-state index contributed by atoms with van der Waals surface area (Å²) in [4.78, 5) is 15.0. The van der Waals surface area contributed by atoms with Crippen molar-refractivity contribution >= 4 is 40.1 Å². The fourth-order valence-corrected chi connectivity index (χ4v) is 2.09. The SMILES string of the molecule is Cc1c(C(=O)O)c(Cl)nc2ccc(Cl)cc12. The summed E-state index contributed by atoms with van der Waals surface area (Å²) in [7, 11) is 0. The van der Waals surface area contributed by atoms with E-state index in [2.05, 4.69) is 4.98 Å². The number of nitrogens with zero attached hydrogens (tertiary/aromatic N) is 1. The summed E-state index contributed by atoms with van der Waals surface area (Å²) in [6.07, 6.45) is 0. The van der Waals surface area contributed by atoms with Crippen LogP contribution in [0.15, 0.2) is 18.2 Å². The summed E-state index contributed by atoms with van der Waals surface area (Å²) in [6.45, 7) is 1.69. The number of carbonyl (C=O) groups is 1. The van der Waals surface area contributed by atoms with E-state index in [1.165, 1.54) is 0 Å². The molecule has 0 atom stereocenters. The fraction of sp³-hybridized carbons (Fsp3) is 0.0909. The largest absolute Gasteiger partial charge is 0.478 e. The number of carboxylic acid groups (broad SMARTS) is 1. The molecule has 1 aromatic carbocycles. The van der Waals surface area contributed by atoms with Crippen LogP contribution in [0.3, 0.4) is 0 Å². The van der Waals surface area contributed by atoms with Gasteiger partial charge in [0.15, 0.2) is 0 Å². The molecule has 3 nitrogen and oxygen atoms in total. The quantitative estimate of drug-likeness (QED) is 0.793. The first kappa shape index (κ1) is 11.2. The zero-order valence-corrected chi connectivity index (χ0v) is 9.80. The Morgan fingerprint density at radius 1 is 1.38 bits per heavy atom. The van der Waals surface area contributed by atoms with Gasteiger partial charge in [0.2, 0.25) is 0 Å². The zero-order chi connectivity index (χ0) is 11.9. The normalized spacial score (nSPS) is 10.7. The molecule has 16 heavy (non-hydrogen) atoms. The van der Waals surface area contributed by atoms with Crippen molar-refractivity contribution in [2.75, 3.05) is 0 Å². The maximum absolute atomic E-state index is 11.0. The second-order valence-electron chi connectivity index (χ2n) is 3.37. The highest BCUT2D eigenvalue weighted by molar-refractivity contribution is 6.33. The number of rotatable bonds is 1. The molecule has 1 N–H and O–H groups in total. The molecule has 0 saturated carbocycles. The highest BCUT2D eigenvalue weighted by Gasteiger charge is 2.16. The smallest absolute Gasteiger partial charge is 0.339 e. The van der Waals surface area contributed by atoms with E-state index in [-0.39, 0.29) is 10.7 Å². The second kappa shape index (κ2) is 3.92. The van der Waals surface area contributed by atoms with Crippen LogP contribution in [0.4, 0.5) is 0 Å². The lowest BCUT2D eigenvalue weighted by molar-refractivity contribution is 0.0696. The fourth-order valence-electron chi connectivity index (χ4n) is 1.61.